The van der Waals surface area contributed by atoms with Gasteiger partial charge in [0.25, 0.3) is 0 Å². The zero-order valence-corrected chi connectivity index (χ0v) is 12.9. The maximum atomic E-state index is 12.2. The van der Waals surface area contributed by atoms with Crippen molar-refractivity contribution in [3.63, 3.8) is 0 Å². The molecule has 1 amide bonds. The molecule has 0 aliphatic rings. The summed E-state index contributed by atoms with van der Waals surface area (Å²) >= 11 is 0. The third-order valence-electron chi connectivity index (χ3n) is 2.72. The Morgan fingerprint density at radius 2 is 2.19 bits per heavy atom. The van der Waals surface area contributed by atoms with Gasteiger partial charge in [-0.05, 0) is 31.1 Å². The standard InChI is InChI=1S/C16H23NO4/c1-4-20-16(19)9-10-17(12-13(2)3)15(18)8-7-14-6-5-11-21-14/h5-8,11,13H,4,9-10,12H2,1-3H3/b8-7+. The van der Waals surface area contributed by atoms with E-state index in [1.807, 2.05) is 13.8 Å². The highest BCUT2D eigenvalue weighted by Gasteiger charge is 2.14. The topological polar surface area (TPSA) is 59.8 Å². The van der Waals surface area contributed by atoms with Crippen LogP contribution in [0.3, 0.4) is 0 Å². The first kappa shape index (κ1) is 17.0. The predicted molar refractivity (Wildman–Crippen MR) is 80.4 cm³/mol. The summed E-state index contributed by atoms with van der Waals surface area (Å²) in [6, 6.07) is 3.53. The molecule has 0 aromatic carbocycles. The summed E-state index contributed by atoms with van der Waals surface area (Å²) in [5.41, 5.74) is 0. The van der Waals surface area contributed by atoms with Crippen molar-refractivity contribution in [2.45, 2.75) is 27.2 Å². The van der Waals surface area contributed by atoms with Crippen molar-refractivity contribution in [3.05, 3.63) is 30.2 Å². The first-order valence-electron chi connectivity index (χ1n) is 7.19. The molecule has 1 aromatic heterocycles. The molecule has 0 N–H and O–H groups in total. The van der Waals surface area contributed by atoms with Crippen molar-refractivity contribution in [2.75, 3.05) is 19.7 Å². The van der Waals surface area contributed by atoms with E-state index >= 15 is 0 Å². The van der Waals surface area contributed by atoms with E-state index in [9.17, 15) is 9.59 Å². The number of hydrogen-bond acceptors (Lipinski definition) is 4. The van der Waals surface area contributed by atoms with Crippen LogP contribution < -0.4 is 0 Å². The fraction of sp³-hybridized carbons (Fsp3) is 0.500. The zero-order chi connectivity index (χ0) is 15.7. The van der Waals surface area contributed by atoms with Gasteiger partial charge in [0.05, 0.1) is 19.3 Å². The van der Waals surface area contributed by atoms with Gasteiger partial charge >= 0.3 is 5.97 Å². The maximum Gasteiger partial charge on any atom is 0.307 e. The lowest BCUT2D eigenvalue weighted by Crippen LogP contribution is -2.35. The van der Waals surface area contributed by atoms with Crippen LogP contribution in [-0.2, 0) is 14.3 Å². The van der Waals surface area contributed by atoms with Gasteiger partial charge in [-0.2, -0.15) is 0 Å². The van der Waals surface area contributed by atoms with Crippen LogP contribution in [0, 0.1) is 5.92 Å². The van der Waals surface area contributed by atoms with Crippen LogP contribution in [0.4, 0.5) is 0 Å². The average molecular weight is 293 g/mol. The van der Waals surface area contributed by atoms with Gasteiger partial charge in [-0.1, -0.05) is 13.8 Å². The Kier molecular flexibility index (Phi) is 7.29. The summed E-state index contributed by atoms with van der Waals surface area (Å²) in [6.45, 7) is 7.14. The van der Waals surface area contributed by atoms with Crippen molar-refractivity contribution in [1.29, 1.82) is 0 Å². The summed E-state index contributed by atoms with van der Waals surface area (Å²) < 4.78 is 10.0. The minimum absolute atomic E-state index is 0.135. The van der Waals surface area contributed by atoms with Gasteiger partial charge in [0, 0.05) is 19.2 Å². The molecule has 0 aliphatic carbocycles. The summed E-state index contributed by atoms with van der Waals surface area (Å²) in [5.74, 6) is 0.532. The van der Waals surface area contributed by atoms with Crippen molar-refractivity contribution in [2.24, 2.45) is 5.92 Å². The Morgan fingerprint density at radius 1 is 1.43 bits per heavy atom. The fourth-order valence-corrected chi connectivity index (χ4v) is 1.84. The second-order valence-electron chi connectivity index (χ2n) is 5.08. The SMILES string of the molecule is CCOC(=O)CCN(CC(C)C)C(=O)/C=C/c1ccco1. The Hall–Kier alpha value is -2.04. The summed E-state index contributed by atoms with van der Waals surface area (Å²) in [6.07, 6.45) is 4.85. The van der Waals surface area contributed by atoms with Gasteiger partial charge in [-0.3, -0.25) is 9.59 Å². The lowest BCUT2D eigenvalue weighted by atomic mass is 10.2. The van der Waals surface area contributed by atoms with Crippen LogP contribution in [0.2, 0.25) is 0 Å². The third-order valence-corrected chi connectivity index (χ3v) is 2.72. The van der Waals surface area contributed by atoms with Gasteiger partial charge in [-0.15, -0.1) is 0 Å². The molecule has 0 saturated carbocycles. The monoisotopic (exact) mass is 293 g/mol. The lowest BCUT2D eigenvalue weighted by molar-refractivity contribution is -0.143. The van der Waals surface area contributed by atoms with Crippen LogP contribution in [0.15, 0.2) is 28.9 Å². The molecule has 1 rings (SSSR count). The van der Waals surface area contributed by atoms with Crippen LogP contribution in [0.1, 0.15) is 33.0 Å². The minimum atomic E-state index is -0.283. The smallest absolute Gasteiger partial charge is 0.307 e. The number of amides is 1. The van der Waals surface area contributed by atoms with Crippen LogP contribution in [0.5, 0.6) is 0 Å². The van der Waals surface area contributed by atoms with E-state index in [0.717, 1.165) is 0 Å². The molecule has 0 unspecified atom stereocenters. The van der Waals surface area contributed by atoms with Gasteiger partial charge in [-0.25, -0.2) is 0 Å². The predicted octanol–water partition coefficient (Wildman–Crippen LogP) is 2.73. The molecule has 0 saturated heterocycles. The normalized spacial score (nSPS) is 11.0. The Labute approximate surface area is 125 Å². The van der Waals surface area contributed by atoms with Gasteiger partial charge < -0.3 is 14.1 Å². The number of nitrogens with zero attached hydrogens (tertiary/aromatic N) is 1. The molecular formula is C16H23NO4. The fourth-order valence-electron chi connectivity index (χ4n) is 1.84. The van der Waals surface area contributed by atoms with Crippen LogP contribution in [0.25, 0.3) is 6.08 Å². The highest BCUT2D eigenvalue weighted by Crippen LogP contribution is 2.06. The number of rotatable bonds is 8. The first-order chi connectivity index (χ1) is 10.0. The van der Waals surface area contributed by atoms with Gasteiger partial charge in [0.1, 0.15) is 5.76 Å². The van der Waals surface area contributed by atoms with E-state index in [1.165, 1.54) is 6.08 Å². The Balaban J connectivity index is 2.58. The van der Waals surface area contributed by atoms with E-state index in [0.29, 0.717) is 31.4 Å². The second kappa shape index (κ2) is 9.00. The zero-order valence-electron chi connectivity index (χ0n) is 12.9. The van der Waals surface area contributed by atoms with E-state index in [-0.39, 0.29) is 18.3 Å². The minimum Gasteiger partial charge on any atom is -0.466 e. The van der Waals surface area contributed by atoms with E-state index < -0.39 is 0 Å². The highest BCUT2D eigenvalue weighted by atomic mass is 16.5. The third kappa shape index (κ3) is 6.79. The number of esters is 1. The van der Waals surface area contributed by atoms with Crippen molar-refractivity contribution in [1.82, 2.24) is 4.90 Å². The molecule has 0 atom stereocenters. The molecule has 21 heavy (non-hydrogen) atoms. The molecule has 5 heteroatoms. The van der Waals surface area contributed by atoms with Gasteiger partial charge in [0.2, 0.25) is 5.91 Å². The second-order valence-corrected chi connectivity index (χ2v) is 5.08. The average Bonchev–Trinajstić information content (AvgIpc) is 2.94. The number of carbonyl (C=O) groups excluding carboxylic acids is 2. The molecule has 0 radical (unpaired) electrons. The number of furan rings is 1. The lowest BCUT2D eigenvalue weighted by Gasteiger charge is -2.22. The largest absolute Gasteiger partial charge is 0.466 e. The van der Waals surface area contributed by atoms with Crippen molar-refractivity contribution in [3.8, 4) is 0 Å². The first-order valence-corrected chi connectivity index (χ1v) is 7.19. The van der Waals surface area contributed by atoms with Crippen molar-refractivity contribution >= 4 is 18.0 Å². The molecule has 1 heterocycles. The molecule has 0 aliphatic heterocycles. The number of hydrogen-bond donors (Lipinski definition) is 0. The summed E-state index contributed by atoms with van der Waals surface area (Å²) in [4.78, 5) is 25.3. The highest BCUT2D eigenvalue weighted by molar-refractivity contribution is 5.91. The van der Waals surface area contributed by atoms with Crippen molar-refractivity contribution < 1.29 is 18.7 Å². The van der Waals surface area contributed by atoms with Crippen LogP contribution in [-0.4, -0.2) is 36.5 Å². The molecular weight excluding hydrogens is 270 g/mol. The summed E-state index contributed by atoms with van der Waals surface area (Å²) in [5, 5.41) is 0. The summed E-state index contributed by atoms with van der Waals surface area (Å²) in [7, 11) is 0. The van der Waals surface area contributed by atoms with E-state index in [4.69, 9.17) is 9.15 Å². The number of ether oxygens (including phenoxy) is 1. The molecule has 0 bridgehead atoms. The Bertz CT molecular complexity index is 463. The van der Waals surface area contributed by atoms with Crippen LogP contribution >= 0.6 is 0 Å². The maximum absolute atomic E-state index is 12.2. The molecule has 116 valence electrons. The van der Waals surface area contributed by atoms with E-state index in [2.05, 4.69) is 0 Å². The van der Waals surface area contributed by atoms with Gasteiger partial charge in [0.15, 0.2) is 0 Å². The Morgan fingerprint density at radius 3 is 2.76 bits per heavy atom. The molecule has 5 nitrogen and oxygen atoms in total. The van der Waals surface area contributed by atoms with E-state index in [1.54, 1.807) is 36.3 Å². The molecule has 0 fully saturated rings. The quantitative estimate of drug-likeness (QED) is 0.546. The molecule has 0 spiro atoms. The molecule has 1 aromatic rings. The number of carbonyl (C=O) groups is 2.